The van der Waals surface area contributed by atoms with Gasteiger partial charge in [0.15, 0.2) is 11.5 Å². The maximum Gasteiger partial charge on any atom is 0.236 e. The molecule has 6 nitrogen and oxygen atoms in total. The van der Waals surface area contributed by atoms with Gasteiger partial charge in [-0.05, 0) is 48.5 Å². The second-order valence-corrected chi connectivity index (χ2v) is 9.30. The van der Waals surface area contributed by atoms with Crippen molar-refractivity contribution in [2.45, 2.75) is 25.4 Å². The molecule has 0 bridgehead atoms. The fourth-order valence-electron chi connectivity index (χ4n) is 4.71. The number of carbonyl (C=O) groups is 1. The quantitative estimate of drug-likeness (QED) is 0.734. The van der Waals surface area contributed by atoms with E-state index in [0.29, 0.717) is 19.8 Å². The number of carbonyl (C=O) groups excluding carboxylic acids is 1. The Morgan fingerprint density at radius 2 is 1.87 bits per heavy atom. The summed E-state index contributed by atoms with van der Waals surface area (Å²) >= 11 is 1.81. The number of hydrogen-bond acceptors (Lipinski definition) is 6. The number of rotatable bonds is 5. The van der Waals surface area contributed by atoms with Crippen molar-refractivity contribution in [1.29, 1.82) is 0 Å². The number of piperazine rings is 1. The summed E-state index contributed by atoms with van der Waals surface area (Å²) < 4.78 is 11.4. The van der Waals surface area contributed by atoms with E-state index in [2.05, 4.69) is 39.4 Å². The zero-order chi connectivity index (χ0) is 20.3. The third-order valence-electron chi connectivity index (χ3n) is 6.34. The molecule has 0 unspecified atom stereocenters. The van der Waals surface area contributed by atoms with Crippen LogP contribution in [0.4, 0.5) is 0 Å². The van der Waals surface area contributed by atoms with Gasteiger partial charge in [-0.15, -0.1) is 11.3 Å². The minimum absolute atomic E-state index is 0.259. The lowest BCUT2D eigenvalue weighted by molar-refractivity contribution is -0.134. The molecule has 3 aliphatic heterocycles. The molecule has 160 valence electrons. The van der Waals surface area contributed by atoms with Gasteiger partial charge in [0.05, 0.1) is 6.54 Å². The summed E-state index contributed by atoms with van der Waals surface area (Å²) in [5.74, 6) is 1.92. The number of fused-ring (bicyclic) bond motifs is 1. The molecule has 0 radical (unpaired) electrons. The molecule has 30 heavy (non-hydrogen) atoms. The van der Waals surface area contributed by atoms with Gasteiger partial charge in [-0.1, -0.05) is 12.1 Å². The first-order valence-corrected chi connectivity index (χ1v) is 11.8. The van der Waals surface area contributed by atoms with E-state index in [4.69, 9.17) is 9.47 Å². The highest BCUT2D eigenvalue weighted by molar-refractivity contribution is 7.09. The highest BCUT2D eigenvalue weighted by atomic mass is 32.1. The van der Waals surface area contributed by atoms with E-state index in [9.17, 15) is 4.79 Å². The molecule has 2 saturated heterocycles. The van der Waals surface area contributed by atoms with Gasteiger partial charge in [0.1, 0.15) is 13.2 Å². The Bertz CT molecular complexity index is 865. The number of ether oxygens (including phenoxy) is 2. The molecule has 0 saturated carbocycles. The lowest BCUT2D eigenvalue weighted by atomic mass is 10.0. The van der Waals surface area contributed by atoms with Crippen molar-refractivity contribution in [1.82, 2.24) is 14.7 Å². The Morgan fingerprint density at radius 3 is 2.67 bits per heavy atom. The van der Waals surface area contributed by atoms with Crippen molar-refractivity contribution in [3.63, 3.8) is 0 Å². The van der Waals surface area contributed by atoms with Crippen LogP contribution in [-0.2, 0) is 11.3 Å². The van der Waals surface area contributed by atoms with Gasteiger partial charge in [0.25, 0.3) is 0 Å². The molecule has 3 aliphatic rings. The Hall–Kier alpha value is -2.09. The summed E-state index contributed by atoms with van der Waals surface area (Å²) in [6.45, 7) is 7.24. The lowest BCUT2D eigenvalue weighted by Gasteiger charge is -2.36. The summed E-state index contributed by atoms with van der Waals surface area (Å²) in [6, 6.07) is 10.8. The van der Waals surface area contributed by atoms with E-state index in [-0.39, 0.29) is 11.9 Å². The third kappa shape index (κ3) is 4.33. The number of benzene rings is 1. The molecule has 1 amide bonds. The molecule has 0 N–H and O–H groups in total. The van der Waals surface area contributed by atoms with E-state index in [1.807, 2.05) is 11.0 Å². The summed E-state index contributed by atoms with van der Waals surface area (Å²) in [5, 5.41) is 2.13. The first-order chi connectivity index (χ1) is 14.8. The maximum absolute atomic E-state index is 13.0. The lowest BCUT2D eigenvalue weighted by Crippen LogP contribution is -2.50. The average molecular weight is 428 g/mol. The highest BCUT2D eigenvalue weighted by Gasteiger charge is 2.31. The summed E-state index contributed by atoms with van der Waals surface area (Å²) in [7, 11) is 0. The van der Waals surface area contributed by atoms with Crippen LogP contribution in [0.1, 0.15) is 29.3 Å². The maximum atomic E-state index is 13.0. The van der Waals surface area contributed by atoms with Crippen molar-refractivity contribution < 1.29 is 14.3 Å². The molecule has 1 aromatic carbocycles. The van der Waals surface area contributed by atoms with Crippen LogP contribution in [0, 0.1) is 0 Å². The first-order valence-electron chi connectivity index (χ1n) is 10.9. The Balaban J connectivity index is 1.17. The monoisotopic (exact) mass is 427 g/mol. The molecule has 0 aliphatic carbocycles. The van der Waals surface area contributed by atoms with Crippen LogP contribution in [0.3, 0.4) is 0 Å². The molecule has 1 atom stereocenters. The third-order valence-corrected chi connectivity index (χ3v) is 7.20. The number of likely N-dealkylation sites (tertiary alicyclic amines) is 1. The topological polar surface area (TPSA) is 45.3 Å². The number of amides is 1. The fraction of sp³-hybridized carbons (Fsp3) is 0.522. The first kappa shape index (κ1) is 19.8. The van der Waals surface area contributed by atoms with E-state index in [0.717, 1.165) is 63.6 Å². The molecule has 5 rings (SSSR count). The van der Waals surface area contributed by atoms with E-state index in [1.165, 1.54) is 10.4 Å². The normalized spacial score (nSPS) is 22.4. The van der Waals surface area contributed by atoms with E-state index in [1.54, 1.807) is 11.3 Å². The number of nitrogens with zero attached hydrogens (tertiary/aromatic N) is 3. The second kappa shape index (κ2) is 8.96. The van der Waals surface area contributed by atoms with Crippen molar-refractivity contribution in [3.8, 4) is 11.5 Å². The van der Waals surface area contributed by atoms with E-state index < -0.39 is 0 Å². The average Bonchev–Trinajstić information content (AvgIpc) is 3.46. The minimum Gasteiger partial charge on any atom is -0.486 e. The van der Waals surface area contributed by atoms with Crippen molar-refractivity contribution in [2.75, 3.05) is 52.5 Å². The Kier molecular flexibility index (Phi) is 5.93. The Morgan fingerprint density at radius 1 is 1.03 bits per heavy atom. The van der Waals surface area contributed by atoms with Crippen molar-refractivity contribution in [3.05, 3.63) is 46.2 Å². The van der Waals surface area contributed by atoms with Crippen LogP contribution in [0.2, 0.25) is 0 Å². The molecular weight excluding hydrogens is 398 g/mol. The molecular formula is C23H29N3O3S. The SMILES string of the molecule is O=C(CN1CCC[C@@H]1c1ccc2c(c1)OCCO2)N1CCN(Cc2cccs2)CC1. The molecule has 0 spiro atoms. The zero-order valence-corrected chi connectivity index (χ0v) is 18.1. The van der Waals surface area contributed by atoms with Crippen molar-refractivity contribution in [2.24, 2.45) is 0 Å². The van der Waals surface area contributed by atoms with Crippen LogP contribution in [0.15, 0.2) is 35.7 Å². The standard InChI is InChI=1S/C23H29N3O3S/c27-23(25-10-8-24(9-11-25)16-19-3-2-14-30-19)17-26-7-1-4-20(26)18-5-6-21-22(15-18)29-13-12-28-21/h2-3,5-6,14-15,20H,1,4,7-13,16-17H2/t20-/m1/s1. The summed E-state index contributed by atoms with van der Waals surface area (Å²) in [6.07, 6.45) is 2.21. The van der Waals surface area contributed by atoms with Crippen LogP contribution >= 0.6 is 11.3 Å². The zero-order valence-electron chi connectivity index (χ0n) is 17.3. The van der Waals surface area contributed by atoms with Gasteiger partial charge in [0.2, 0.25) is 5.91 Å². The second-order valence-electron chi connectivity index (χ2n) is 8.27. The summed E-state index contributed by atoms with van der Waals surface area (Å²) in [5.41, 5.74) is 1.23. The van der Waals surface area contributed by atoms with Gasteiger partial charge in [-0.3, -0.25) is 14.6 Å². The van der Waals surface area contributed by atoms with Crippen molar-refractivity contribution >= 4 is 17.2 Å². The van der Waals surface area contributed by atoms with Crippen LogP contribution in [0.25, 0.3) is 0 Å². The molecule has 4 heterocycles. The largest absolute Gasteiger partial charge is 0.486 e. The van der Waals surface area contributed by atoms with Crippen LogP contribution in [0.5, 0.6) is 11.5 Å². The molecule has 7 heteroatoms. The predicted molar refractivity (Wildman–Crippen MR) is 117 cm³/mol. The van der Waals surface area contributed by atoms with E-state index >= 15 is 0 Å². The van der Waals surface area contributed by atoms with Gasteiger partial charge >= 0.3 is 0 Å². The molecule has 2 fully saturated rings. The van der Waals surface area contributed by atoms with Gasteiger partial charge < -0.3 is 14.4 Å². The van der Waals surface area contributed by atoms with Gasteiger partial charge in [0, 0.05) is 43.6 Å². The van der Waals surface area contributed by atoms with Gasteiger partial charge in [-0.2, -0.15) is 0 Å². The summed E-state index contributed by atoms with van der Waals surface area (Å²) in [4.78, 5) is 21.2. The van der Waals surface area contributed by atoms with Gasteiger partial charge in [-0.25, -0.2) is 0 Å². The van der Waals surface area contributed by atoms with Crippen LogP contribution in [-0.4, -0.2) is 73.1 Å². The smallest absolute Gasteiger partial charge is 0.236 e. The Labute approximate surface area is 182 Å². The highest BCUT2D eigenvalue weighted by Crippen LogP contribution is 2.38. The molecule has 2 aromatic rings. The van der Waals surface area contributed by atoms with Crippen LogP contribution < -0.4 is 9.47 Å². The fourth-order valence-corrected chi connectivity index (χ4v) is 5.46. The minimum atomic E-state index is 0.259. The number of hydrogen-bond donors (Lipinski definition) is 0. The molecule has 1 aromatic heterocycles. The predicted octanol–water partition coefficient (Wildman–Crippen LogP) is 3.00. The number of thiophene rings is 1.